The number of anilines is 1. The molecule has 1 aromatic carbocycles. The third-order valence-corrected chi connectivity index (χ3v) is 3.07. The van der Waals surface area contributed by atoms with E-state index in [0.29, 0.717) is 17.9 Å². The molecule has 2 aromatic rings. The van der Waals surface area contributed by atoms with Gasteiger partial charge in [0.05, 0.1) is 0 Å². The Bertz CT molecular complexity index is 607. The van der Waals surface area contributed by atoms with Crippen LogP contribution in [0.25, 0.3) is 11.3 Å². The normalized spacial score (nSPS) is 10.7. The number of hydrogen-bond acceptors (Lipinski definition) is 4. The minimum atomic E-state index is -1.08. The molecule has 0 unspecified atom stereocenters. The number of carboxylic acids is 1. The molecule has 0 spiro atoms. The standard InChI is InChI=1S/C14H18N4O2/c1-2-3-4-8-18-13(12(14(19)20)16-17-18)10-6-5-7-11(15)9-10/h5-7,9H,2-4,8,15H2,1H3,(H,19,20). The maximum absolute atomic E-state index is 11.3. The van der Waals surface area contributed by atoms with Crippen LogP contribution < -0.4 is 5.73 Å². The highest BCUT2D eigenvalue weighted by molar-refractivity contribution is 5.92. The predicted octanol–water partition coefficient (Wildman–Crippen LogP) is 2.42. The van der Waals surface area contributed by atoms with Crippen molar-refractivity contribution in [3.8, 4) is 11.3 Å². The van der Waals surface area contributed by atoms with E-state index in [9.17, 15) is 9.90 Å². The number of carboxylic acid groups (broad SMARTS) is 1. The van der Waals surface area contributed by atoms with E-state index in [0.717, 1.165) is 24.8 Å². The van der Waals surface area contributed by atoms with Gasteiger partial charge in [-0.05, 0) is 18.6 Å². The van der Waals surface area contributed by atoms with Crippen molar-refractivity contribution in [1.29, 1.82) is 0 Å². The quantitative estimate of drug-likeness (QED) is 0.623. The lowest BCUT2D eigenvalue weighted by Gasteiger charge is -2.07. The van der Waals surface area contributed by atoms with Crippen LogP contribution in [-0.2, 0) is 6.54 Å². The van der Waals surface area contributed by atoms with Crippen molar-refractivity contribution in [3.05, 3.63) is 30.0 Å². The van der Waals surface area contributed by atoms with E-state index in [-0.39, 0.29) is 5.69 Å². The van der Waals surface area contributed by atoms with Crippen molar-refractivity contribution in [3.63, 3.8) is 0 Å². The van der Waals surface area contributed by atoms with Crippen LogP contribution in [0, 0.1) is 0 Å². The van der Waals surface area contributed by atoms with Crippen LogP contribution >= 0.6 is 0 Å². The summed E-state index contributed by atoms with van der Waals surface area (Å²) in [6, 6.07) is 7.11. The highest BCUT2D eigenvalue weighted by Gasteiger charge is 2.20. The van der Waals surface area contributed by atoms with Gasteiger partial charge in [0.1, 0.15) is 5.69 Å². The van der Waals surface area contributed by atoms with Crippen molar-refractivity contribution >= 4 is 11.7 Å². The molecule has 3 N–H and O–H groups in total. The Morgan fingerprint density at radius 3 is 2.85 bits per heavy atom. The third kappa shape index (κ3) is 2.96. The largest absolute Gasteiger partial charge is 0.476 e. The molecular weight excluding hydrogens is 256 g/mol. The van der Waals surface area contributed by atoms with Crippen LogP contribution in [0.4, 0.5) is 5.69 Å². The van der Waals surface area contributed by atoms with Gasteiger partial charge in [0, 0.05) is 17.8 Å². The van der Waals surface area contributed by atoms with Crippen molar-refractivity contribution in [2.45, 2.75) is 32.7 Å². The van der Waals surface area contributed by atoms with Gasteiger partial charge in [-0.2, -0.15) is 0 Å². The van der Waals surface area contributed by atoms with Gasteiger partial charge in [0.25, 0.3) is 0 Å². The van der Waals surface area contributed by atoms with Gasteiger partial charge >= 0.3 is 5.97 Å². The molecular formula is C14H18N4O2. The fourth-order valence-corrected chi connectivity index (χ4v) is 2.10. The summed E-state index contributed by atoms with van der Waals surface area (Å²) in [5.41, 5.74) is 7.55. The Labute approximate surface area is 117 Å². The SMILES string of the molecule is CCCCCn1nnc(C(=O)O)c1-c1cccc(N)c1. The summed E-state index contributed by atoms with van der Waals surface area (Å²) < 4.78 is 1.65. The zero-order chi connectivity index (χ0) is 14.5. The first-order chi connectivity index (χ1) is 9.63. The molecule has 6 heteroatoms. The van der Waals surface area contributed by atoms with Crippen molar-refractivity contribution in [2.75, 3.05) is 5.73 Å². The fourth-order valence-electron chi connectivity index (χ4n) is 2.10. The van der Waals surface area contributed by atoms with Crippen LogP contribution in [0.1, 0.15) is 36.7 Å². The average Bonchev–Trinajstić information content (AvgIpc) is 2.83. The van der Waals surface area contributed by atoms with Gasteiger partial charge in [-0.25, -0.2) is 9.48 Å². The number of benzene rings is 1. The molecule has 0 aliphatic heterocycles. The monoisotopic (exact) mass is 274 g/mol. The van der Waals surface area contributed by atoms with E-state index >= 15 is 0 Å². The Morgan fingerprint density at radius 2 is 2.20 bits per heavy atom. The molecule has 0 bridgehead atoms. The average molecular weight is 274 g/mol. The zero-order valence-electron chi connectivity index (χ0n) is 11.4. The Hall–Kier alpha value is -2.37. The molecule has 0 aliphatic carbocycles. The summed E-state index contributed by atoms with van der Waals surface area (Å²) >= 11 is 0. The van der Waals surface area contributed by atoms with Crippen molar-refractivity contribution in [2.24, 2.45) is 0 Å². The van der Waals surface area contributed by atoms with Gasteiger partial charge in [-0.1, -0.05) is 37.1 Å². The molecule has 20 heavy (non-hydrogen) atoms. The first-order valence-electron chi connectivity index (χ1n) is 6.66. The van der Waals surface area contributed by atoms with Crippen LogP contribution in [0.15, 0.2) is 24.3 Å². The molecule has 0 saturated heterocycles. The summed E-state index contributed by atoms with van der Waals surface area (Å²) in [5, 5.41) is 17.0. The zero-order valence-corrected chi connectivity index (χ0v) is 11.4. The molecule has 0 saturated carbocycles. The van der Waals surface area contributed by atoms with Gasteiger partial charge in [0.15, 0.2) is 5.69 Å². The van der Waals surface area contributed by atoms with Crippen LogP contribution in [0.5, 0.6) is 0 Å². The molecule has 0 aliphatic rings. The lowest BCUT2D eigenvalue weighted by Crippen LogP contribution is -2.05. The summed E-state index contributed by atoms with van der Waals surface area (Å²) in [6.07, 6.45) is 3.10. The van der Waals surface area contributed by atoms with E-state index < -0.39 is 5.97 Å². The first-order valence-corrected chi connectivity index (χ1v) is 6.66. The van der Waals surface area contributed by atoms with E-state index in [1.165, 1.54) is 0 Å². The van der Waals surface area contributed by atoms with Gasteiger partial charge in [-0.3, -0.25) is 0 Å². The Balaban J connectivity index is 2.41. The number of unbranched alkanes of at least 4 members (excludes halogenated alkanes) is 2. The summed E-state index contributed by atoms with van der Waals surface area (Å²) in [4.78, 5) is 11.3. The molecule has 1 aromatic heterocycles. The van der Waals surface area contributed by atoms with Crippen LogP contribution in [0.3, 0.4) is 0 Å². The predicted molar refractivity (Wildman–Crippen MR) is 76.4 cm³/mol. The van der Waals surface area contributed by atoms with Crippen molar-refractivity contribution < 1.29 is 9.90 Å². The number of aryl methyl sites for hydroxylation is 1. The van der Waals surface area contributed by atoms with Crippen molar-refractivity contribution in [1.82, 2.24) is 15.0 Å². The second-order valence-corrected chi connectivity index (χ2v) is 4.65. The van der Waals surface area contributed by atoms with Gasteiger partial charge in [0.2, 0.25) is 0 Å². The Morgan fingerprint density at radius 1 is 1.40 bits per heavy atom. The lowest BCUT2D eigenvalue weighted by molar-refractivity contribution is 0.0691. The number of nitrogen functional groups attached to an aromatic ring is 1. The number of carbonyl (C=O) groups is 1. The maximum atomic E-state index is 11.3. The molecule has 0 fully saturated rings. The van der Waals surface area contributed by atoms with Crippen LogP contribution in [0.2, 0.25) is 0 Å². The number of nitrogens with zero attached hydrogens (tertiary/aromatic N) is 3. The van der Waals surface area contributed by atoms with Gasteiger partial charge < -0.3 is 10.8 Å². The lowest BCUT2D eigenvalue weighted by atomic mass is 10.1. The molecule has 0 amide bonds. The second-order valence-electron chi connectivity index (χ2n) is 4.65. The number of nitrogens with two attached hydrogens (primary N) is 1. The Kier molecular flexibility index (Phi) is 4.34. The molecule has 0 atom stereocenters. The highest BCUT2D eigenvalue weighted by Crippen LogP contribution is 2.24. The fraction of sp³-hybridized carbons (Fsp3) is 0.357. The summed E-state index contributed by atoms with van der Waals surface area (Å²) in [5.74, 6) is -1.08. The summed E-state index contributed by atoms with van der Waals surface area (Å²) in [6.45, 7) is 2.76. The minimum Gasteiger partial charge on any atom is -0.476 e. The maximum Gasteiger partial charge on any atom is 0.358 e. The third-order valence-electron chi connectivity index (χ3n) is 3.07. The first kappa shape index (κ1) is 14.0. The molecule has 1 heterocycles. The molecule has 6 nitrogen and oxygen atoms in total. The van der Waals surface area contributed by atoms with E-state index in [2.05, 4.69) is 17.2 Å². The van der Waals surface area contributed by atoms with E-state index in [4.69, 9.17) is 5.73 Å². The number of aromatic nitrogens is 3. The number of rotatable bonds is 6. The number of hydrogen-bond donors (Lipinski definition) is 2. The summed E-state index contributed by atoms with van der Waals surface area (Å²) in [7, 11) is 0. The molecule has 106 valence electrons. The van der Waals surface area contributed by atoms with E-state index in [1.54, 1.807) is 22.9 Å². The molecule has 0 radical (unpaired) electrons. The van der Waals surface area contributed by atoms with Gasteiger partial charge in [-0.15, -0.1) is 5.10 Å². The highest BCUT2D eigenvalue weighted by atomic mass is 16.4. The molecule has 2 rings (SSSR count). The topological polar surface area (TPSA) is 94.0 Å². The number of aromatic carboxylic acids is 1. The second kappa shape index (κ2) is 6.18. The smallest absolute Gasteiger partial charge is 0.358 e. The van der Waals surface area contributed by atoms with Crippen LogP contribution in [-0.4, -0.2) is 26.1 Å². The van der Waals surface area contributed by atoms with E-state index in [1.807, 2.05) is 6.07 Å². The minimum absolute atomic E-state index is 0.0351.